The van der Waals surface area contributed by atoms with Crippen LogP contribution >= 0.6 is 54.8 Å². The third-order valence-corrected chi connectivity index (χ3v) is 4.41. The fraction of sp³-hybridized carbons (Fsp3) is 0. The SMILES string of the molecule is O=C(Nc1cccc(Cl)n1)c1cc(Br)sc1Br. The quantitative estimate of drug-likeness (QED) is 0.756. The van der Waals surface area contributed by atoms with E-state index in [0.717, 1.165) is 7.57 Å². The average molecular weight is 396 g/mol. The fourth-order valence-corrected chi connectivity index (χ4v) is 4.11. The molecule has 0 saturated carbocycles. The summed E-state index contributed by atoms with van der Waals surface area (Å²) in [6.45, 7) is 0. The Morgan fingerprint density at radius 3 is 2.76 bits per heavy atom. The summed E-state index contributed by atoms with van der Waals surface area (Å²) in [5.41, 5.74) is 0.559. The van der Waals surface area contributed by atoms with Crippen LogP contribution in [0, 0.1) is 0 Å². The van der Waals surface area contributed by atoms with Gasteiger partial charge in [0, 0.05) is 0 Å². The summed E-state index contributed by atoms with van der Waals surface area (Å²) in [6, 6.07) is 6.80. The van der Waals surface area contributed by atoms with Crippen molar-refractivity contribution in [3.63, 3.8) is 0 Å². The molecule has 2 aromatic rings. The van der Waals surface area contributed by atoms with Crippen LogP contribution in [-0.4, -0.2) is 10.9 Å². The highest BCUT2D eigenvalue weighted by atomic mass is 79.9. The maximum atomic E-state index is 11.9. The molecule has 3 nitrogen and oxygen atoms in total. The number of rotatable bonds is 2. The van der Waals surface area contributed by atoms with Gasteiger partial charge in [-0.1, -0.05) is 17.7 Å². The average Bonchev–Trinajstić information content (AvgIpc) is 2.58. The lowest BCUT2D eigenvalue weighted by Gasteiger charge is -2.03. The van der Waals surface area contributed by atoms with Gasteiger partial charge in [0.05, 0.1) is 13.1 Å². The predicted octanol–water partition coefficient (Wildman–Crippen LogP) is 4.57. The van der Waals surface area contributed by atoms with Gasteiger partial charge in [-0.2, -0.15) is 0 Å². The van der Waals surface area contributed by atoms with Crippen molar-refractivity contribution in [2.45, 2.75) is 0 Å². The number of nitrogens with one attached hydrogen (secondary N) is 1. The molecule has 7 heteroatoms. The summed E-state index contributed by atoms with van der Waals surface area (Å²) in [5, 5.41) is 3.02. The lowest BCUT2D eigenvalue weighted by Crippen LogP contribution is -2.12. The van der Waals surface area contributed by atoms with E-state index in [1.165, 1.54) is 11.3 Å². The predicted molar refractivity (Wildman–Crippen MR) is 76.9 cm³/mol. The minimum absolute atomic E-state index is 0.228. The Bertz CT molecular complexity index is 573. The van der Waals surface area contributed by atoms with Crippen molar-refractivity contribution in [2.24, 2.45) is 0 Å². The van der Waals surface area contributed by atoms with Crippen LogP contribution in [0.25, 0.3) is 0 Å². The normalized spacial score (nSPS) is 10.3. The van der Waals surface area contributed by atoms with Crippen LogP contribution in [0.3, 0.4) is 0 Å². The number of aromatic nitrogens is 1. The molecule has 0 aliphatic heterocycles. The first kappa shape index (κ1) is 13.0. The van der Waals surface area contributed by atoms with Crippen molar-refractivity contribution in [1.82, 2.24) is 4.98 Å². The number of thiophene rings is 1. The molecule has 0 saturated heterocycles. The molecule has 0 aromatic carbocycles. The van der Waals surface area contributed by atoms with E-state index in [2.05, 4.69) is 42.2 Å². The molecular weight excluding hydrogens is 391 g/mol. The van der Waals surface area contributed by atoms with Crippen LogP contribution in [0.2, 0.25) is 5.15 Å². The molecule has 0 aliphatic rings. The molecule has 0 spiro atoms. The van der Waals surface area contributed by atoms with Crippen LogP contribution in [0.1, 0.15) is 10.4 Å². The number of anilines is 1. The number of nitrogens with zero attached hydrogens (tertiary/aromatic N) is 1. The largest absolute Gasteiger partial charge is 0.306 e. The van der Waals surface area contributed by atoms with Gasteiger partial charge in [0.1, 0.15) is 11.0 Å². The second kappa shape index (κ2) is 5.48. The molecule has 0 radical (unpaired) electrons. The molecule has 0 unspecified atom stereocenters. The lowest BCUT2D eigenvalue weighted by atomic mass is 10.3. The first-order chi connectivity index (χ1) is 8.06. The van der Waals surface area contributed by atoms with Crippen LogP contribution in [-0.2, 0) is 0 Å². The van der Waals surface area contributed by atoms with E-state index in [1.807, 2.05) is 0 Å². The van der Waals surface area contributed by atoms with Crippen molar-refractivity contribution in [2.75, 3.05) is 5.32 Å². The Balaban J connectivity index is 2.20. The Morgan fingerprint density at radius 2 is 2.18 bits per heavy atom. The number of pyridine rings is 1. The zero-order valence-electron chi connectivity index (χ0n) is 8.21. The molecule has 2 aromatic heterocycles. The molecule has 0 fully saturated rings. The van der Waals surface area contributed by atoms with Crippen LogP contribution in [0.15, 0.2) is 31.8 Å². The number of carbonyl (C=O) groups excluding carboxylic acids is 1. The summed E-state index contributed by atoms with van der Waals surface area (Å²) in [6.07, 6.45) is 0. The van der Waals surface area contributed by atoms with Gasteiger partial charge in [0.25, 0.3) is 5.91 Å². The maximum absolute atomic E-state index is 11.9. The molecule has 2 heterocycles. The highest BCUT2D eigenvalue weighted by Gasteiger charge is 2.14. The van der Waals surface area contributed by atoms with Crippen molar-refractivity contribution >= 4 is 66.5 Å². The Morgan fingerprint density at radius 1 is 1.41 bits per heavy atom. The molecule has 0 atom stereocenters. The van der Waals surface area contributed by atoms with Gasteiger partial charge in [-0.05, 0) is 50.1 Å². The number of hydrogen-bond acceptors (Lipinski definition) is 3. The Labute approximate surface area is 123 Å². The van der Waals surface area contributed by atoms with Gasteiger partial charge < -0.3 is 5.32 Å². The van der Waals surface area contributed by atoms with E-state index >= 15 is 0 Å². The first-order valence-corrected chi connectivity index (χ1v) is 7.23. The molecule has 88 valence electrons. The van der Waals surface area contributed by atoms with Gasteiger partial charge in [-0.15, -0.1) is 11.3 Å². The maximum Gasteiger partial charge on any atom is 0.258 e. The third kappa shape index (κ3) is 3.28. The summed E-state index contributed by atoms with van der Waals surface area (Å²) in [5.74, 6) is 0.199. The summed E-state index contributed by atoms with van der Waals surface area (Å²) >= 11 is 13.8. The zero-order valence-corrected chi connectivity index (χ0v) is 13.0. The van der Waals surface area contributed by atoms with Gasteiger partial charge in [-0.3, -0.25) is 4.79 Å². The summed E-state index contributed by atoms with van der Waals surface area (Å²) in [4.78, 5) is 15.9. The van der Waals surface area contributed by atoms with Gasteiger partial charge in [0.15, 0.2) is 0 Å². The number of carbonyl (C=O) groups is 1. The molecule has 0 aliphatic carbocycles. The fourth-order valence-electron chi connectivity index (χ4n) is 1.16. The molecule has 2 rings (SSSR count). The second-order valence-electron chi connectivity index (χ2n) is 3.04. The van der Waals surface area contributed by atoms with Gasteiger partial charge >= 0.3 is 0 Å². The van der Waals surface area contributed by atoms with Crippen LogP contribution in [0.4, 0.5) is 5.82 Å². The molecule has 0 bridgehead atoms. The smallest absolute Gasteiger partial charge is 0.258 e. The number of amides is 1. The topological polar surface area (TPSA) is 42.0 Å². The zero-order chi connectivity index (χ0) is 12.4. The Kier molecular flexibility index (Phi) is 4.19. The van der Waals surface area contributed by atoms with E-state index in [9.17, 15) is 4.79 Å². The third-order valence-electron chi connectivity index (χ3n) is 1.86. The van der Waals surface area contributed by atoms with E-state index in [-0.39, 0.29) is 5.91 Å². The minimum atomic E-state index is -0.228. The molecular formula is C10H5Br2ClN2OS. The minimum Gasteiger partial charge on any atom is -0.306 e. The highest BCUT2D eigenvalue weighted by Crippen LogP contribution is 2.32. The first-order valence-electron chi connectivity index (χ1n) is 4.45. The van der Waals surface area contributed by atoms with E-state index < -0.39 is 0 Å². The second-order valence-corrected chi connectivity index (χ2v) is 7.17. The highest BCUT2D eigenvalue weighted by molar-refractivity contribution is 9.12. The number of halogens is 3. The standard InChI is InChI=1S/C10H5Br2ClN2OS/c11-6-4-5(9(12)17-6)10(16)15-8-3-1-2-7(13)14-8/h1-4H,(H,14,15,16). The summed E-state index contributed by atoms with van der Waals surface area (Å²) in [7, 11) is 0. The Hall–Kier alpha value is -0.430. The van der Waals surface area contributed by atoms with Crippen molar-refractivity contribution in [3.05, 3.63) is 42.6 Å². The molecule has 1 amide bonds. The van der Waals surface area contributed by atoms with Crippen LogP contribution in [0.5, 0.6) is 0 Å². The van der Waals surface area contributed by atoms with E-state index in [4.69, 9.17) is 11.6 Å². The molecule has 1 N–H and O–H groups in total. The summed E-state index contributed by atoms with van der Waals surface area (Å²) < 4.78 is 1.65. The monoisotopic (exact) mass is 394 g/mol. The van der Waals surface area contributed by atoms with Crippen molar-refractivity contribution in [1.29, 1.82) is 0 Å². The van der Waals surface area contributed by atoms with Gasteiger partial charge in [0.2, 0.25) is 0 Å². The van der Waals surface area contributed by atoms with Crippen molar-refractivity contribution < 1.29 is 4.79 Å². The van der Waals surface area contributed by atoms with Crippen LogP contribution < -0.4 is 5.32 Å². The lowest BCUT2D eigenvalue weighted by molar-refractivity contribution is 0.102. The van der Waals surface area contributed by atoms with Gasteiger partial charge in [-0.25, -0.2) is 4.98 Å². The molecule has 17 heavy (non-hydrogen) atoms. The van der Waals surface area contributed by atoms with Crippen molar-refractivity contribution in [3.8, 4) is 0 Å². The van der Waals surface area contributed by atoms with E-state index in [0.29, 0.717) is 16.5 Å². The van der Waals surface area contributed by atoms with E-state index in [1.54, 1.807) is 24.3 Å². The number of hydrogen-bond donors (Lipinski definition) is 1.